The summed E-state index contributed by atoms with van der Waals surface area (Å²) in [5.41, 5.74) is 0.939. The van der Waals surface area contributed by atoms with Crippen LogP contribution in [0.5, 0.6) is 0 Å². The molecular weight excluding hydrogens is 338 g/mol. The first-order chi connectivity index (χ1) is 13.1. The molecule has 1 unspecified atom stereocenters. The van der Waals surface area contributed by atoms with Crippen LogP contribution in [0.15, 0.2) is 30.3 Å². The van der Waals surface area contributed by atoms with Gasteiger partial charge < -0.3 is 4.74 Å². The van der Waals surface area contributed by atoms with Crippen LogP contribution in [0.4, 0.5) is 4.79 Å². The maximum Gasteiger partial charge on any atom is 0.417 e. The number of amides is 2. The predicted molar refractivity (Wildman–Crippen MR) is 106 cm³/mol. The van der Waals surface area contributed by atoms with Gasteiger partial charge in [-0.3, -0.25) is 4.79 Å². The molecule has 3 atom stereocenters. The van der Waals surface area contributed by atoms with Gasteiger partial charge in [-0.2, -0.15) is 0 Å². The fourth-order valence-corrected chi connectivity index (χ4v) is 4.51. The fourth-order valence-electron chi connectivity index (χ4n) is 4.51. The van der Waals surface area contributed by atoms with E-state index in [-0.39, 0.29) is 18.1 Å². The number of cyclic esters (lactones) is 1. The first-order valence-electron chi connectivity index (χ1n) is 10.6. The number of benzene rings is 1. The molecule has 2 amide bonds. The molecular formula is C23H33NO3. The molecule has 3 rings (SSSR count). The highest BCUT2D eigenvalue weighted by atomic mass is 16.6. The number of hydrogen-bond donors (Lipinski definition) is 0. The molecule has 4 nitrogen and oxygen atoms in total. The van der Waals surface area contributed by atoms with Gasteiger partial charge >= 0.3 is 6.09 Å². The second kappa shape index (κ2) is 9.38. The molecule has 148 valence electrons. The van der Waals surface area contributed by atoms with Gasteiger partial charge in [0.2, 0.25) is 5.91 Å². The van der Waals surface area contributed by atoms with E-state index in [1.165, 1.54) is 49.8 Å². The first-order valence-corrected chi connectivity index (χ1v) is 10.6. The number of carbonyl (C=O) groups excluding carboxylic acids is 2. The van der Waals surface area contributed by atoms with Gasteiger partial charge in [-0.05, 0) is 30.7 Å². The molecule has 1 aliphatic heterocycles. The Bertz CT molecular complexity index is 624. The minimum atomic E-state index is -0.504. The van der Waals surface area contributed by atoms with Crippen molar-refractivity contribution in [2.45, 2.75) is 83.8 Å². The highest BCUT2D eigenvalue weighted by Gasteiger charge is 2.42. The van der Waals surface area contributed by atoms with E-state index in [1.807, 2.05) is 37.3 Å². The Hall–Kier alpha value is -1.84. The molecule has 1 aromatic rings. The van der Waals surface area contributed by atoms with Crippen molar-refractivity contribution in [3.8, 4) is 0 Å². The minimum absolute atomic E-state index is 0.101. The van der Waals surface area contributed by atoms with Crippen LogP contribution in [0, 0.1) is 11.8 Å². The molecule has 4 heteroatoms. The lowest BCUT2D eigenvalue weighted by Crippen LogP contribution is -2.37. The zero-order valence-electron chi connectivity index (χ0n) is 16.7. The van der Waals surface area contributed by atoms with Gasteiger partial charge in [-0.1, -0.05) is 82.2 Å². The van der Waals surface area contributed by atoms with Crippen molar-refractivity contribution in [1.82, 2.24) is 4.90 Å². The Morgan fingerprint density at radius 3 is 2.56 bits per heavy atom. The first kappa shape index (κ1) is 19.9. The lowest BCUT2D eigenvalue weighted by molar-refractivity contribution is -0.129. The Labute approximate surface area is 163 Å². The number of hydrogen-bond acceptors (Lipinski definition) is 3. The molecule has 1 heterocycles. The van der Waals surface area contributed by atoms with E-state index < -0.39 is 6.09 Å². The molecule has 2 fully saturated rings. The van der Waals surface area contributed by atoms with Crippen LogP contribution in [-0.4, -0.2) is 22.9 Å². The predicted octanol–water partition coefficient (Wildman–Crippen LogP) is 5.87. The highest BCUT2D eigenvalue weighted by Crippen LogP contribution is 2.33. The highest BCUT2D eigenvalue weighted by molar-refractivity contribution is 5.93. The Kier molecular flexibility index (Phi) is 6.92. The summed E-state index contributed by atoms with van der Waals surface area (Å²) in [4.78, 5) is 26.3. The van der Waals surface area contributed by atoms with Gasteiger partial charge in [-0.25, -0.2) is 9.69 Å². The maximum atomic E-state index is 12.7. The SMILES string of the molecule is CC(CCC(=O)N1C(=O)O[C@@H](c2ccccc2)[C@H]1C)CCC1CCCCC1. The zero-order valence-corrected chi connectivity index (χ0v) is 16.7. The summed E-state index contributed by atoms with van der Waals surface area (Å²) in [7, 11) is 0. The second-order valence-electron chi connectivity index (χ2n) is 8.44. The lowest BCUT2D eigenvalue weighted by Gasteiger charge is -2.23. The van der Waals surface area contributed by atoms with Crippen molar-refractivity contribution >= 4 is 12.0 Å². The van der Waals surface area contributed by atoms with Crippen LogP contribution in [0.3, 0.4) is 0 Å². The van der Waals surface area contributed by atoms with Crippen LogP contribution in [-0.2, 0) is 9.53 Å². The van der Waals surface area contributed by atoms with E-state index >= 15 is 0 Å². The van der Waals surface area contributed by atoms with Crippen LogP contribution in [0.25, 0.3) is 0 Å². The van der Waals surface area contributed by atoms with Gasteiger partial charge in [0, 0.05) is 6.42 Å². The van der Waals surface area contributed by atoms with Crippen LogP contribution in [0.2, 0.25) is 0 Å². The van der Waals surface area contributed by atoms with Gasteiger partial charge in [-0.15, -0.1) is 0 Å². The van der Waals surface area contributed by atoms with Gasteiger partial charge in [0.25, 0.3) is 0 Å². The summed E-state index contributed by atoms with van der Waals surface area (Å²) in [5.74, 6) is 1.31. The van der Waals surface area contributed by atoms with Crippen molar-refractivity contribution in [2.75, 3.05) is 0 Å². The average Bonchev–Trinajstić information content (AvgIpc) is 3.00. The van der Waals surface area contributed by atoms with Crippen LogP contribution in [0.1, 0.15) is 83.3 Å². The quantitative estimate of drug-likeness (QED) is 0.602. The summed E-state index contributed by atoms with van der Waals surface area (Å²) >= 11 is 0. The van der Waals surface area contributed by atoms with E-state index in [0.29, 0.717) is 12.3 Å². The molecule has 0 spiro atoms. The molecule has 1 saturated carbocycles. The number of carbonyl (C=O) groups is 2. The molecule has 27 heavy (non-hydrogen) atoms. The van der Waals surface area contributed by atoms with E-state index in [2.05, 4.69) is 6.92 Å². The van der Waals surface area contributed by atoms with Crippen molar-refractivity contribution in [3.63, 3.8) is 0 Å². The van der Waals surface area contributed by atoms with Crippen LogP contribution >= 0.6 is 0 Å². The third kappa shape index (κ3) is 5.12. The molecule has 1 aromatic carbocycles. The average molecular weight is 372 g/mol. The van der Waals surface area contributed by atoms with E-state index in [4.69, 9.17) is 4.74 Å². The minimum Gasteiger partial charge on any atom is -0.439 e. The lowest BCUT2D eigenvalue weighted by atomic mass is 9.84. The van der Waals surface area contributed by atoms with Gasteiger partial charge in [0.1, 0.15) is 6.10 Å². The van der Waals surface area contributed by atoms with Gasteiger partial charge in [0.15, 0.2) is 0 Å². The third-order valence-electron chi connectivity index (χ3n) is 6.31. The smallest absolute Gasteiger partial charge is 0.417 e. The summed E-state index contributed by atoms with van der Waals surface area (Å²) < 4.78 is 5.49. The Morgan fingerprint density at radius 1 is 1.15 bits per heavy atom. The van der Waals surface area contributed by atoms with Gasteiger partial charge in [0.05, 0.1) is 6.04 Å². The van der Waals surface area contributed by atoms with E-state index in [9.17, 15) is 9.59 Å². The van der Waals surface area contributed by atoms with Crippen molar-refractivity contribution in [2.24, 2.45) is 11.8 Å². The van der Waals surface area contributed by atoms with Crippen LogP contribution < -0.4 is 0 Å². The topological polar surface area (TPSA) is 46.6 Å². The molecule has 0 radical (unpaired) electrons. The summed E-state index contributed by atoms with van der Waals surface area (Å²) in [6.45, 7) is 4.13. The maximum absolute atomic E-state index is 12.7. The van der Waals surface area contributed by atoms with Crippen molar-refractivity contribution in [1.29, 1.82) is 0 Å². The monoisotopic (exact) mass is 371 g/mol. The Balaban J connectivity index is 1.46. The molecule has 1 aliphatic carbocycles. The number of rotatable bonds is 7. The normalized spacial score (nSPS) is 24.7. The third-order valence-corrected chi connectivity index (χ3v) is 6.31. The number of imide groups is 1. The second-order valence-corrected chi connectivity index (χ2v) is 8.44. The molecule has 1 saturated heterocycles. The van der Waals surface area contributed by atoms with E-state index in [0.717, 1.165) is 17.9 Å². The summed E-state index contributed by atoms with van der Waals surface area (Å²) in [5, 5.41) is 0. The molecule has 2 aliphatic rings. The van der Waals surface area contributed by atoms with Crippen molar-refractivity contribution < 1.29 is 14.3 Å². The van der Waals surface area contributed by atoms with Crippen molar-refractivity contribution in [3.05, 3.63) is 35.9 Å². The summed E-state index contributed by atoms with van der Waals surface area (Å²) in [6.07, 6.45) is 9.79. The standard InChI is InChI=1S/C23H33NO3/c1-17(13-15-19-9-5-3-6-10-19)14-16-21(25)24-18(2)22(27-23(24)26)20-11-7-4-8-12-20/h4,7-8,11-12,17-19,22H,3,5-6,9-10,13-16H2,1-2H3/t17?,18-,22-/m1/s1. The molecule has 0 bridgehead atoms. The number of nitrogens with zero attached hydrogens (tertiary/aromatic N) is 1. The van der Waals surface area contributed by atoms with E-state index in [1.54, 1.807) is 0 Å². The summed E-state index contributed by atoms with van der Waals surface area (Å²) in [6, 6.07) is 9.40. The fraction of sp³-hybridized carbons (Fsp3) is 0.652. The zero-order chi connectivity index (χ0) is 19.2. The molecule has 0 aromatic heterocycles. The number of ether oxygens (including phenoxy) is 1. The largest absolute Gasteiger partial charge is 0.439 e. The molecule has 0 N–H and O–H groups in total. The Morgan fingerprint density at radius 2 is 1.85 bits per heavy atom.